The van der Waals surface area contributed by atoms with Crippen LogP contribution in [0.2, 0.25) is 5.02 Å². The number of pyridine rings is 1. The van der Waals surface area contributed by atoms with E-state index in [4.69, 9.17) is 21.1 Å². The summed E-state index contributed by atoms with van der Waals surface area (Å²) in [5.41, 5.74) is 3.10. The predicted molar refractivity (Wildman–Crippen MR) is 137 cm³/mol. The lowest BCUT2D eigenvalue weighted by Crippen LogP contribution is -2.21. The molecule has 0 fully saturated rings. The number of carbonyl (C=O) groups is 2. The molecule has 3 aromatic carbocycles. The molecule has 1 amide bonds. The third-order valence-corrected chi connectivity index (χ3v) is 6.44. The van der Waals surface area contributed by atoms with Crippen LogP contribution >= 0.6 is 22.9 Å². The molecule has 0 atom stereocenters. The Labute approximate surface area is 209 Å². The van der Waals surface area contributed by atoms with Crippen molar-refractivity contribution in [1.29, 1.82) is 0 Å². The molecule has 0 unspecified atom stereocenters. The van der Waals surface area contributed by atoms with Crippen molar-refractivity contribution in [3.05, 3.63) is 83.4 Å². The van der Waals surface area contributed by atoms with Gasteiger partial charge in [-0.05, 0) is 42.5 Å². The molecule has 5 rings (SSSR count). The topological polar surface area (TPSA) is 90.4 Å². The largest absolute Gasteiger partial charge is 0.497 e. The number of ether oxygens (including phenoxy) is 2. The van der Waals surface area contributed by atoms with Gasteiger partial charge in [-0.3, -0.25) is 10.1 Å². The van der Waals surface area contributed by atoms with Crippen LogP contribution in [0.5, 0.6) is 5.75 Å². The molecule has 0 saturated heterocycles. The number of rotatable bonds is 6. The fourth-order valence-corrected chi connectivity index (χ4v) is 4.60. The number of para-hydroxylation sites is 1. The lowest BCUT2D eigenvalue weighted by Gasteiger charge is -2.10. The molecule has 2 heterocycles. The number of nitrogens with one attached hydrogen (secondary N) is 1. The number of benzene rings is 3. The number of methoxy groups -OCH3 is 1. The van der Waals surface area contributed by atoms with E-state index in [9.17, 15) is 9.59 Å². The molecular weight excluding hydrogens is 486 g/mol. The maximum absolute atomic E-state index is 13.0. The van der Waals surface area contributed by atoms with Crippen LogP contribution in [0.15, 0.2) is 72.8 Å². The van der Waals surface area contributed by atoms with Crippen molar-refractivity contribution < 1.29 is 19.1 Å². The van der Waals surface area contributed by atoms with Gasteiger partial charge in [-0.25, -0.2) is 14.8 Å². The number of nitrogens with zero attached hydrogens (tertiary/aromatic N) is 2. The second kappa shape index (κ2) is 9.69. The van der Waals surface area contributed by atoms with Gasteiger partial charge in [0.05, 0.1) is 34.1 Å². The minimum Gasteiger partial charge on any atom is -0.497 e. The monoisotopic (exact) mass is 503 g/mol. The maximum Gasteiger partial charge on any atom is 0.339 e. The molecule has 0 saturated carbocycles. The molecule has 0 radical (unpaired) electrons. The van der Waals surface area contributed by atoms with Crippen LogP contribution in [0.1, 0.15) is 10.4 Å². The van der Waals surface area contributed by atoms with Crippen molar-refractivity contribution in [2.75, 3.05) is 19.0 Å². The number of hydrogen-bond donors (Lipinski definition) is 1. The van der Waals surface area contributed by atoms with E-state index in [1.54, 1.807) is 37.4 Å². The first-order chi connectivity index (χ1) is 17.0. The van der Waals surface area contributed by atoms with Crippen LogP contribution in [-0.4, -0.2) is 35.6 Å². The average molecular weight is 504 g/mol. The quantitative estimate of drug-likeness (QED) is 0.287. The van der Waals surface area contributed by atoms with E-state index >= 15 is 0 Å². The Morgan fingerprint density at radius 2 is 1.77 bits per heavy atom. The summed E-state index contributed by atoms with van der Waals surface area (Å²) in [7, 11) is 1.59. The van der Waals surface area contributed by atoms with Crippen molar-refractivity contribution in [2.45, 2.75) is 0 Å². The Hall–Kier alpha value is -4.01. The molecule has 9 heteroatoms. The molecule has 35 heavy (non-hydrogen) atoms. The second-order valence-electron chi connectivity index (χ2n) is 7.56. The number of amides is 1. The van der Waals surface area contributed by atoms with E-state index in [-0.39, 0.29) is 0 Å². The second-order valence-corrected chi connectivity index (χ2v) is 9.02. The summed E-state index contributed by atoms with van der Waals surface area (Å²) in [5, 5.41) is 4.33. The SMILES string of the molecule is COc1ccc2nc(NC(=O)COC(=O)c3cc(-c4ccc(Cl)cc4)nc4ccccc34)sc2c1. The fraction of sp³-hybridized carbons (Fsp3) is 0.0769. The van der Waals surface area contributed by atoms with Crippen molar-refractivity contribution in [1.82, 2.24) is 9.97 Å². The Balaban J connectivity index is 1.33. The Morgan fingerprint density at radius 3 is 2.57 bits per heavy atom. The molecule has 7 nitrogen and oxygen atoms in total. The van der Waals surface area contributed by atoms with Crippen LogP contribution in [-0.2, 0) is 9.53 Å². The highest BCUT2D eigenvalue weighted by Crippen LogP contribution is 2.29. The highest BCUT2D eigenvalue weighted by atomic mass is 35.5. The smallest absolute Gasteiger partial charge is 0.339 e. The molecule has 0 aliphatic heterocycles. The van der Waals surface area contributed by atoms with Gasteiger partial charge in [0.15, 0.2) is 11.7 Å². The molecule has 5 aromatic rings. The van der Waals surface area contributed by atoms with Crippen molar-refractivity contribution in [3.63, 3.8) is 0 Å². The van der Waals surface area contributed by atoms with Gasteiger partial charge in [-0.2, -0.15) is 0 Å². The molecular formula is C26H18ClN3O4S. The third-order valence-electron chi connectivity index (χ3n) is 5.25. The third kappa shape index (κ3) is 4.94. The Kier molecular flexibility index (Phi) is 6.31. The zero-order chi connectivity index (χ0) is 24.4. The van der Waals surface area contributed by atoms with E-state index in [0.717, 1.165) is 15.8 Å². The number of anilines is 1. The number of aromatic nitrogens is 2. The Bertz CT molecular complexity index is 1570. The molecule has 174 valence electrons. The lowest BCUT2D eigenvalue weighted by molar-refractivity contribution is -0.119. The molecule has 0 bridgehead atoms. The fourth-order valence-electron chi connectivity index (χ4n) is 3.56. The number of fused-ring (bicyclic) bond motifs is 2. The van der Waals surface area contributed by atoms with Gasteiger partial charge >= 0.3 is 5.97 Å². The standard InChI is InChI=1S/C26H18ClN3O4S/c1-33-17-10-11-21-23(12-17)35-26(29-21)30-24(31)14-34-25(32)19-13-22(15-6-8-16(27)9-7-15)28-20-5-3-2-4-18(19)20/h2-13H,14H2,1H3,(H,29,30,31). The minimum absolute atomic E-state index is 0.320. The zero-order valence-electron chi connectivity index (χ0n) is 18.4. The van der Waals surface area contributed by atoms with E-state index in [2.05, 4.69) is 15.3 Å². The summed E-state index contributed by atoms with van der Waals surface area (Å²) in [4.78, 5) is 34.5. The highest BCUT2D eigenvalue weighted by Gasteiger charge is 2.17. The van der Waals surface area contributed by atoms with Crippen molar-refractivity contribution >= 4 is 61.1 Å². The lowest BCUT2D eigenvalue weighted by atomic mass is 10.0. The van der Waals surface area contributed by atoms with Crippen LogP contribution in [0, 0.1) is 0 Å². The van der Waals surface area contributed by atoms with Crippen LogP contribution in [0.25, 0.3) is 32.4 Å². The van der Waals surface area contributed by atoms with E-state index in [1.807, 2.05) is 42.5 Å². The predicted octanol–water partition coefficient (Wildman–Crippen LogP) is 5.97. The number of esters is 1. The first kappa shape index (κ1) is 22.8. The van der Waals surface area contributed by atoms with E-state index in [0.29, 0.717) is 38.1 Å². The van der Waals surface area contributed by atoms with Gasteiger partial charge in [0, 0.05) is 16.0 Å². The number of halogens is 1. The van der Waals surface area contributed by atoms with Crippen molar-refractivity contribution in [3.8, 4) is 17.0 Å². The molecule has 0 aliphatic rings. The number of hydrogen-bond acceptors (Lipinski definition) is 7. The van der Waals surface area contributed by atoms with Gasteiger partial charge in [-0.1, -0.05) is 53.3 Å². The number of carbonyl (C=O) groups excluding carboxylic acids is 2. The van der Waals surface area contributed by atoms with E-state index in [1.165, 1.54) is 11.3 Å². The van der Waals surface area contributed by atoms with E-state index < -0.39 is 18.5 Å². The molecule has 2 aromatic heterocycles. The van der Waals surface area contributed by atoms with Crippen LogP contribution in [0.3, 0.4) is 0 Å². The molecule has 1 N–H and O–H groups in total. The Morgan fingerprint density at radius 1 is 0.971 bits per heavy atom. The maximum atomic E-state index is 13.0. The van der Waals surface area contributed by atoms with Crippen LogP contribution < -0.4 is 10.1 Å². The van der Waals surface area contributed by atoms with Crippen molar-refractivity contribution in [2.24, 2.45) is 0 Å². The van der Waals surface area contributed by atoms with Gasteiger partial charge < -0.3 is 9.47 Å². The highest BCUT2D eigenvalue weighted by molar-refractivity contribution is 7.22. The summed E-state index contributed by atoms with van der Waals surface area (Å²) in [6.45, 7) is -0.453. The average Bonchev–Trinajstić information content (AvgIpc) is 3.28. The number of thiazole rings is 1. The van der Waals surface area contributed by atoms with Gasteiger partial charge in [0.2, 0.25) is 0 Å². The summed E-state index contributed by atoms with van der Waals surface area (Å²) in [5.74, 6) is -0.404. The first-order valence-electron chi connectivity index (χ1n) is 10.6. The summed E-state index contributed by atoms with van der Waals surface area (Å²) in [6, 6.07) is 21.6. The summed E-state index contributed by atoms with van der Waals surface area (Å²) < 4.78 is 11.4. The van der Waals surface area contributed by atoms with Crippen LogP contribution in [0.4, 0.5) is 5.13 Å². The zero-order valence-corrected chi connectivity index (χ0v) is 20.0. The first-order valence-corrected chi connectivity index (χ1v) is 11.8. The molecule has 0 aliphatic carbocycles. The van der Waals surface area contributed by atoms with Gasteiger partial charge in [0.1, 0.15) is 5.75 Å². The molecule has 0 spiro atoms. The summed E-state index contributed by atoms with van der Waals surface area (Å²) in [6.07, 6.45) is 0. The van der Waals surface area contributed by atoms with Gasteiger partial charge in [-0.15, -0.1) is 0 Å². The normalized spacial score (nSPS) is 10.9. The minimum atomic E-state index is -0.622. The van der Waals surface area contributed by atoms with Gasteiger partial charge in [0.25, 0.3) is 5.91 Å². The summed E-state index contributed by atoms with van der Waals surface area (Å²) >= 11 is 7.31.